The lowest BCUT2D eigenvalue weighted by molar-refractivity contribution is -0.114. The zero-order chi connectivity index (χ0) is 17.8. The second kappa shape index (κ2) is 7.53. The van der Waals surface area contributed by atoms with Gasteiger partial charge in [-0.25, -0.2) is 4.39 Å². The number of halogens is 2. The molecule has 0 unspecified atom stereocenters. The van der Waals surface area contributed by atoms with Crippen LogP contribution in [0.3, 0.4) is 0 Å². The molecule has 25 heavy (non-hydrogen) atoms. The van der Waals surface area contributed by atoms with Crippen LogP contribution in [0.2, 0.25) is 5.02 Å². The second-order valence-corrected chi connectivity index (χ2v) is 6.26. The highest BCUT2D eigenvalue weighted by molar-refractivity contribution is 6.33. The summed E-state index contributed by atoms with van der Waals surface area (Å²) in [6.45, 7) is 0.0152. The molecule has 3 rings (SSSR count). The minimum absolute atomic E-state index is 0.0152. The third-order valence-electron chi connectivity index (χ3n) is 3.72. The lowest BCUT2D eigenvalue weighted by Crippen LogP contribution is -2.25. The van der Waals surface area contributed by atoms with Crippen molar-refractivity contribution in [3.63, 3.8) is 0 Å². The predicted molar refractivity (Wildman–Crippen MR) is 95.5 cm³/mol. The Hall–Kier alpha value is -2.60. The van der Waals surface area contributed by atoms with Crippen LogP contribution >= 0.6 is 11.6 Å². The zero-order valence-electron chi connectivity index (χ0n) is 13.3. The van der Waals surface area contributed by atoms with Crippen molar-refractivity contribution < 1.29 is 14.0 Å². The van der Waals surface area contributed by atoms with Crippen molar-refractivity contribution in [3.05, 3.63) is 58.9 Å². The molecule has 1 fully saturated rings. The highest BCUT2D eigenvalue weighted by Crippen LogP contribution is 2.22. The van der Waals surface area contributed by atoms with Crippen molar-refractivity contribution in [2.24, 2.45) is 0 Å². The van der Waals surface area contributed by atoms with Crippen molar-refractivity contribution >= 4 is 34.8 Å². The molecule has 0 radical (unpaired) electrons. The topological polar surface area (TPSA) is 70.2 Å². The Morgan fingerprint density at radius 1 is 1.12 bits per heavy atom. The van der Waals surface area contributed by atoms with Gasteiger partial charge in [0, 0.05) is 17.3 Å². The Kier molecular flexibility index (Phi) is 5.19. The molecule has 1 saturated carbocycles. The van der Waals surface area contributed by atoms with Gasteiger partial charge < -0.3 is 16.0 Å². The van der Waals surface area contributed by atoms with Gasteiger partial charge in [0.1, 0.15) is 5.82 Å². The van der Waals surface area contributed by atoms with Crippen LogP contribution in [-0.4, -0.2) is 24.4 Å². The predicted octanol–water partition coefficient (Wildman–Crippen LogP) is 3.42. The third kappa shape index (κ3) is 4.93. The summed E-state index contributed by atoms with van der Waals surface area (Å²) < 4.78 is 13.0. The second-order valence-electron chi connectivity index (χ2n) is 5.85. The Balaban J connectivity index is 1.50. The summed E-state index contributed by atoms with van der Waals surface area (Å²) in [4.78, 5) is 23.8. The van der Waals surface area contributed by atoms with Gasteiger partial charge >= 0.3 is 0 Å². The van der Waals surface area contributed by atoms with Gasteiger partial charge in [-0.1, -0.05) is 11.6 Å². The van der Waals surface area contributed by atoms with Crippen LogP contribution in [0, 0.1) is 5.82 Å². The molecular formula is C18H17ClFN3O2. The molecule has 2 amide bonds. The van der Waals surface area contributed by atoms with E-state index in [4.69, 9.17) is 11.6 Å². The molecule has 1 aliphatic rings. The molecule has 2 aromatic carbocycles. The summed E-state index contributed by atoms with van der Waals surface area (Å²) in [5.41, 5.74) is 1.64. The van der Waals surface area contributed by atoms with Crippen molar-refractivity contribution in [3.8, 4) is 0 Å². The van der Waals surface area contributed by atoms with Crippen LogP contribution < -0.4 is 16.0 Å². The number of benzene rings is 2. The average Bonchev–Trinajstić information content (AvgIpc) is 3.40. The van der Waals surface area contributed by atoms with Gasteiger partial charge in [-0.2, -0.15) is 0 Å². The molecule has 5 nitrogen and oxygen atoms in total. The molecule has 1 aliphatic carbocycles. The third-order valence-corrected chi connectivity index (χ3v) is 4.03. The Bertz CT molecular complexity index is 791. The highest BCUT2D eigenvalue weighted by atomic mass is 35.5. The summed E-state index contributed by atoms with van der Waals surface area (Å²) in [6.07, 6.45) is 2.08. The number of carbonyl (C=O) groups is 2. The zero-order valence-corrected chi connectivity index (χ0v) is 14.1. The quantitative estimate of drug-likeness (QED) is 0.738. The van der Waals surface area contributed by atoms with E-state index in [9.17, 15) is 14.0 Å². The molecule has 0 heterocycles. The maximum absolute atomic E-state index is 13.0. The molecule has 0 bridgehead atoms. The molecule has 0 atom stereocenters. The highest BCUT2D eigenvalue weighted by Gasteiger charge is 2.23. The number of amides is 2. The molecule has 3 N–H and O–H groups in total. The molecule has 7 heteroatoms. The maximum atomic E-state index is 13.0. The van der Waals surface area contributed by atoms with E-state index in [1.807, 2.05) is 0 Å². The van der Waals surface area contributed by atoms with Gasteiger partial charge in [0.15, 0.2) is 0 Å². The van der Waals surface area contributed by atoms with E-state index in [-0.39, 0.29) is 23.4 Å². The lowest BCUT2D eigenvalue weighted by Gasteiger charge is -2.10. The number of hydrogen-bond acceptors (Lipinski definition) is 3. The first-order valence-electron chi connectivity index (χ1n) is 7.91. The first-order valence-corrected chi connectivity index (χ1v) is 8.29. The van der Waals surface area contributed by atoms with Gasteiger partial charge in [0.25, 0.3) is 5.91 Å². The first kappa shape index (κ1) is 17.2. The standard InChI is InChI=1S/C18H17ClFN3O2/c19-15-9-12(20)3-8-16(15)23-17(24)10-21-13-4-1-11(2-5-13)18(25)22-14-6-7-14/h1-5,8-9,14,21H,6-7,10H2,(H,22,25)(H,23,24). The van der Waals surface area contributed by atoms with Crippen LogP contribution in [0.5, 0.6) is 0 Å². The summed E-state index contributed by atoms with van der Waals surface area (Å²) in [5, 5.41) is 8.61. The van der Waals surface area contributed by atoms with Crippen LogP contribution in [0.4, 0.5) is 15.8 Å². The van der Waals surface area contributed by atoms with Gasteiger partial charge in [-0.3, -0.25) is 9.59 Å². The summed E-state index contributed by atoms with van der Waals surface area (Å²) in [6, 6.07) is 11.0. The van der Waals surface area contributed by atoms with E-state index in [1.165, 1.54) is 12.1 Å². The largest absolute Gasteiger partial charge is 0.376 e. The summed E-state index contributed by atoms with van der Waals surface area (Å²) >= 11 is 5.87. The van der Waals surface area contributed by atoms with E-state index in [0.717, 1.165) is 18.9 Å². The SMILES string of the molecule is O=C(CNc1ccc(C(=O)NC2CC2)cc1)Nc1ccc(F)cc1Cl. The molecule has 130 valence electrons. The average molecular weight is 362 g/mol. The number of anilines is 2. The normalized spacial score (nSPS) is 13.2. The van der Waals surface area contributed by atoms with Gasteiger partial charge in [0.2, 0.25) is 5.91 Å². The van der Waals surface area contributed by atoms with Gasteiger partial charge in [-0.05, 0) is 55.3 Å². The smallest absolute Gasteiger partial charge is 0.251 e. The number of rotatable bonds is 6. The van der Waals surface area contributed by atoms with Crippen molar-refractivity contribution in [1.82, 2.24) is 5.32 Å². The molecule has 0 aliphatic heterocycles. The van der Waals surface area contributed by atoms with Crippen LogP contribution in [0.1, 0.15) is 23.2 Å². The fourth-order valence-corrected chi connectivity index (χ4v) is 2.42. The van der Waals surface area contributed by atoms with E-state index >= 15 is 0 Å². The van der Waals surface area contributed by atoms with Crippen molar-refractivity contribution in [2.75, 3.05) is 17.2 Å². The van der Waals surface area contributed by atoms with Crippen molar-refractivity contribution in [1.29, 1.82) is 0 Å². The number of nitrogens with one attached hydrogen (secondary N) is 3. The number of carbonyl (C=O) groups excluding carboxylic acids is 2. The summed E-state index contributed by atoms with van der Waals surface area (Å²) in [7, 11) is 0. The molecule has 0 spiro atoms. The van der Waals surface area contributed by atoms with E-state index in [0.29, 0.717) is 23.0 Å². The molecular weight excluding hydrogens is 345 g/mol. The fourth-order valence-electron chi connectivity index (χ4n) is 2.20. The van der Waals surface area contributed by atoms with E-state index in [1.54, 1.807) is 24.3 Å². The van der Waals surface area contributed by atoms with Crippen LogP contribution in [0.25, 0.3) is 0 Å². The van der Waals surface area contributed by atoms with Gasteiger partial charge in [0.05, 0.1) is 17.3 Å². The first-order chi connectivity index (χ1) is 12.0. The lowest BCUT2D eigenvalue weighted by atomic mass is 10.2. The van der Waals surface area contributed by atoms with E-state index < -0.39 is 5.82 Å². The number of hydrogen-bond donors (Lipinski definition) is 3. The minimum Gasteiger partial charge on any atom is -0.376 e. The summed E-state index contributed by atoms with van der Waals surface area (Å²) in [5.74, 6) is -0.867. The monoisotopic (exact) mass is 361 g/mol. The molecule has 0 aromatic heterocycles. The molecule has 0 saturated heterocycles. The van der Waals surface area contributed by atoms with Crippen LogP contribution in [-0.2, 0) is 4.79 Å². The van der Waals surface area contributed by atoms with E-state index in [2.05, 4.69) is 16.0 Å². The Labute approximate surface area is 149 Å². The maximum Gasteiger partial charge on any atom is 0.251 e. The molecule has 2 aromatic rings. The Morgan fingerprint density at radius 3 is 2.48 bits per heavy atom. The Morgan fingerprint density at radius 2 is 1.84 bits per heavy atom. The van der Waals surface area contributed by atoms with Crippen molar-refractivity contribution in [2.45, 2.75) is 18.9 Å². The minimum atomic E-state index is -0.466. The van der Waals surface area contributed by atoms with Crippen LogP contribution in [0.15, 0.2) is 42.5 Å². The van der Waals surface area contributed by atoms with Gasteiger partial charge in [-0.15, -0.1) is 0 Å². The fraction of sp³-hybridized carbons (Fsp3) is 0.222.